The van der Waals surface area contributed by atoms with Gasteiger partial charge in [0.2, 0.25) is 0 Å². The smallest absolute Gasteiger partial charge is 0.135 e. The van der Waals surface area contributed by atoms with Crippen molar-refractivity contribution < 1.29 is 4.79 Å². The van der Waals surface area contributed by atoms with Crippen molar-refractivity contribution in [2.75, 3.05) is 0 Å². The molecule has 23 heavy (non-hydrogen) atoms. The number of nitrogens with zero attached hydrogens (tertiary/aromatic N) is 2. The lowest BCUT2D eigenvalue weighted by atomic mass is 9.96. The Kier molecular flexibility index (Phi) is 6.08. The third-order valence-corrected chi connectivity index (χ3v) is 4.10. The van der Waals surface area contributed by atoms with Crippen molar-refractivity contribution in [3.63, 3.8) is 0 Å². The van der Waals surface area contributed by atoms with Crippen molar-refractivity contribution in [2.24, 2.45) is 5.92 Å². The topological polar surface area (TPSA) is 44.1 Å². The molecule has 0 radical (unpaired) electrons. The summed E-state index contributed by atoms with van der Waals surface area (Å²) in [5, 5.41) is 9.63. The zero-order valence-electron chi connectivity index (χ0n) is 13.6. The van der Waals surface area contributed by atoms with Crippen LogP contribution >= 0.6 is 0 Å². The second-order valence-corrected chi connectivity index (χ2v) is 5.85. The zero-order chi connectivity index (χ0) is 16.7. The van der Waals surface area contributed by atoms with Crippen LogP contribution in [0.25, 0.3) is 0 Å². The van der Waals surface area contributed by atoms with Crippen LogP contribution in [0.3, 0.4) is 0 Å². The fourth-order valence-electron chi connectivity index (χ4n) is 2.62. The molecular weight excluding hydrogens is 284 g/mol. The lowest BCUT2D eigenvalue weighted by Gasteiger charge is -2.30. The van der Waals surface area contributed by atoms with Crippen LogP contribution in [0.5, 0.6) is 0 Å². The molecular formula is C20H22N2O. The highest BCUT2D eigenvalue weighted by Crippen LogP contribution is 2.19. The van der Waals surface area contributed by atoms with Gasteiger partial charge in [-0.05, 0) is 18.1 Å². The molecule has 0 spiro atoms. The van der Waals surface area contributed by atoms with E-state index in [1.807, 2.05) is 67.6 Å². The Morgan fingerprint density at radius 2 is 1.43 bits per heavy atom. The van der Waals surface area contributed by atoms with Gasteiger partial charge >= 0.3 is 0 Å². The lowest BCUT2D eigenvalue weighted by Crippen LogP contribution is -2.40. The normalized spacial score (nSPS) is 13.3. The Morgan fingerprint density at radius 1 is 1.00 bits per heavy atom. The molecule has 0 heterocycles. The molecule has 2 aromatic carbocycles. The van der Waals surface area contributed by atoms with Crippen LogP contribution in [0.4, 0.5) is 0 Å². The average Bonchev–Trinajstić information content (AvgIpc) is 2.57. The van der Waals surface area contributed by atoms with Crippen molar-refractivity contribution >= 4 is 5.78 Å². The van der Waals surface area contributed by atoms with Crippen LogP contribution in [0.15, 0.2) is 60.7 Å². The van der Waals surface area contributed by atoms with Crippen molar-refractivity contribution in [1.82, 2.24) is 4.90 Å². The first kappa shape index (κ1) is 16.9. The summed E-state index contributed by atoms with van der Waals surface area (Å²) in [5.41, 5.74) is 2.28. The summed E-state index contributed by atoms with van der Waals surface area (Å²) < 4.78 is 0. The first-order valence-corrected chi connectivity index (χ1v) is 7.83. The Hall–Kier alpha value is -2.44. The lowest BCUT2D eigenvalue weighted by molar-refractivity contribution is -0.121. The van der Waals surface area contributed by atoms with Crippen molar-refractivity contribution in [3.8, 4) is 6.07 Å². The summed E-state index contributed by atoms with van der Waals surface area (Å²) in [6.07, 6.45) is 0. The van der Waals surface area contributed by atoms with Crippen LogP contribution in [0.1, 0.15) is 25.0 Å². The SMILES string of the molecule is CC(=O)[C@H](C)[C@H](C#N)N(Cc1ccccc1)Cc1ccccc1. The van der Waals surface area contributed by atoms with Gasteiger partial charge in [0.05, 0.1) is 6.07 Å². The Labute approximate surface area is 138 Å². The summed E-state index contributed by atoms with van der Waals surface area (Å²) in [4.78, 5) is 13.9. The number of hydrogen-bond acceptors (Lipinski definition) is 3. The second-order valence-electron chi connectivity index (χ2n) is 5.85. The Morgan fingerprint density at radius 3 is 1.78 bits per heavy atom. The van der Waals surface area contributed by atoms with Gasteiger partial charge in [-0.2, -0.15) is 5.26 Å². The van der Waals surface area contributed by atoms with E-state index >= 15 is 0 Å². The second kappa shape index (κ2) is 8.26. The number of ketones is 1. The van der Waals surface area contributed by atoms with E-state index in [9.17, 15) is 10.1 Å². The maximum Gasteiger partial charge on any atom is 0.135 e. The molecule has 0 bridgehead atoms. The molecule has 0 N–H and O–H groups in total. The molecule has 2 aromatic rings. The third kappa shape index (κ3) is 4.77. The highest BCUT2D eigenvalue weighted by Gasteiger charge is 2.27. The van der Waals surface area contributed by atoms with Crippen LogP contribution < -0.4 is 0 Å². The molecule has 0 fully saturated rings. The number of Topliss-reactive ketones (excluding diaryl/α,β-unsaturated/α-hetero) is 1. The van der Waals surface area contributed by atoms with E-state index in [2.05, 4.69) is 11.0 Å². The molecule has 0 aliphatic carbocycles. The predicted molar refractivity (Wildman–Crippen MR) is 91.4 cm³/mol. The molecule has 0 saturated heterocycles. The fraction of sp³-hybridized carbons (Fsp3) is 0.300. The van der Waals surface area contributed by atoms with Crippen molar-refractivity contribution in [2.45, 2.75) is 33.0 Å². The van der Waals surface area contributed by atoms with Crippen LogP contribution in [0.2, 0.25) is 0 Å². The molecule has 0 aliphatic heterocycles. The first-order valence-electron chi connectivity index (χ1n) is 7.83. The van der Waals surface area contributed by atoms with E-state index in [1.54, 1.807) is 6.92 Å². The van der Waals surface area contributed by atoms with E-state index in [0.29, 0.717) is 13.1 Å². The molecule has 0 aliphatic rings. The molecule has 3 heteroatoms. The van der Waals surface area contributed by atoms with Crippen LogP contribution in [-0.4, -0.2) is 16.7 Å². The van der Waals surface area contributed by atoms with E-state index in [4.69, 9.17) is 0 Å². The quantitative estimate of drug-likeness (QED) is 0.781. The average molecular weight is 306 g/mol. The molecule has 2 rings (SSSR count). The number of carbonyl (C=O) groups is 1. The summed E-state index contributed by atoms with van der Waals surface area (Å²) in [7, 11) is 0. The largest absolute Gasteiger partial charge is 0.300 e. The highest BCUT2D eigenvalue weighted by atomic mass is 16.1. The van der Waals surface area contributed by atoms with E-state index in [0.717, 1.165) is 11.1 Å². The monoisotopic (exact) mass is 306 g/mol. The molecule has 2 atom stereocenters. The minimum Gasteiger partial charge on any atom is -0.300 e. The Balaban J connectivity index is 2.26. The van der Waals surface area contributed by atoms with Gasteiger partial charge in [-0.1, -0.05) is 67.6 Å². The Bertz CT molecular complexity index is 620. The van der Waals surface area contributed by atoms with Gasteiger partial charge in [0, 0.05) is 19.0 Å². The van der Waals surface area contributed by atoms with E-state index < -0.39 is 6.04 Å². The van der Waals surface area contributed by atoms with Gasteiger partial charge in [-0.15, -0.1) is 0 Å². The van der Waals surface area contributed by atoms with Gasteiger partial charge < -0.3 is 0 Å². The minimum atomic E-state index is -0.437. The molecule has 0 saturated carbocycles. The van der Waals surface area contributed by atoms with Gasteiger partial charge in [0.25, 0.3) is 0 Å². The highest BCUT2D eigenvalue weighted by molar-refractivity contribution is 5.79. The number of hydrogen-bond donors (Lipinski definition) is 0. The van der Waals surface area contributed by atoms with Crippen molar-refractivity contribution in [3.05, 3.63) is 71.8 Å². The van der Waals surface area contributed by atoms with Gasteiger partial charge in [0.15, 0.2) is 0 Å². The number of rotatable bonds is 7. The number of carbonyl (C=O) groups excluding carboxylic acids is 1. The standard InChI is InChI=1S/C20H22N2O/c1-16(17(2)23)20(13-21)22(14-18-9-5-3-6-10-18)15-19-11-7-4-8-12-19/h3-12,16,20H,14-15H2,1-2H3/t16-,20-/m0/s1. The summed E-state index contributed by atoms with van der Waals surface area (Å²) in [6, 6.07) is 22.0. The summed E-state index contributed by atoms with van der Waals surface area (Å²) >= 11 is 0. The van der Waals surface area contributed by atoms with Crippen molar-refractivity contribution in [1.29, 1.82) is 5.26 Å². The maximum absolute atomic E-state index is 11.8. The predicted octanol–water partition coefficient (Wildman–Crippen LogP) is 3.81. The molecule has 118 valence electrons. The van der Waals surface area contributed by atoms with Crippen LogP contribution in [-0.2, 0) is 17.9 Å². The van der Waals surface area contributed by atoms with E-state index in [1.165, 1.54) is 0 Å². The minimum absolute atomic E-state index is 0.0441. The number of nitriles is 1. The number of benzene rings is 2. The van der Waals surface area contributed by atoms with Gasteiger partial charge in [0.1, 0.15) is 11.8 Å². The molecule has 0 aromatic heterocycles. The summed E-state index contributed by atoms with van der Waals surface area (Å²) in [6.45, 7) is 4.68. The fourth-order valence-corrected chi connectivity index (χ4v) is 2.62. The van der Waals surface area contributed by atoms with Gasteiger partial charge in [-0.3, -0.25) is 9.69 Å². The van der Waals surface area contributed by atoms with Gasteiger partial charge in [-0.25, -0.2) is 0 Å². The first-order chi connectivity index (χ1) is 11.1. The molecule has 0 amide bonds. The molecule has 0 unspecified atom stereocenters. The summed E-state index contributed by atoms with van der Waals surface area (Å²) in [5.74, 6) is -0.268. The third-order valence-electron chi connectivity index (χ3n) is 4.10. The molecule has 3 nitrogen and oxygen atoms in total. The maximum atomic E-state index is 11.8. The van der Waals surface area contributed by atoms with E-state index in [-0.39, 0.29) is 11.7 Å². The zero-order valence-corrected chi connectivity index (χ0v) is 13.6. The van der Waals surface area contributed by atoms with Crippen LogP contribution in [0, 0.1) is 17.2 Å².